The van der Waals surface area contributed by atoms with Crippen LogP contribution in [-0.4, -0.2) is 61.9 Å². The van der Waals surface area contributed by atoms with Crippen molar-refractivity contribution in [3.63, 3.8) is 0 Å². The van der Waals surface area contributed by atoms with Crippen molar-refractivity contribution >= 4 is 11.8 Å². The first-order valence-electron chi connectivity index (χ1n) is 7.43. The van der Waals surface area contributed by atoms with E-state index in [1.54, 1.807) is 24.3 Å². The summed E-state index contributed by atoms with van der Waals surface area (Å²) in [5.41, 5.74) is 1.06. The van der Waals surface area contributed by atoms with E-state index in [4.69, 9.17) is 0 Å². The highest BCUT2D eigenvalue weighted by molar-refractivity contribution is 6.21. The summed E-state index contributed by atoms with van der Waals surface area (Å²) in [7, 11) is 4.01. The Balaban J connectivity index is 1.80. The molecule has 0 aromatic heterocycles. The highest BCUT2D eigenvalue weighted by Crippen LogP contribution is 2.22. The molecule has 0 fully saturated rings. The minimum absolute atomic E-state index is 0.159. The number of imide groups is 1. The van der Waals surface area contributed by atoms with E-state index in [-0.39, 0.29) is 11.8 Å². The molecule has 1 aliphatic heterocycles. The van der Waals surface area contributed by atoms with Gasteiger partial charge in [-0.3, -0.25) is 14.5 Å². The Kier molecular flexibility index (Phi) is 5.47. The topological polar surface area (TPSA) is 52.6 Å². The van der Waals surface area contributed by atoms with Crippen LogP contribution in [0.5, 0.6) is 0 Å². The van der Waals surface area contributed by atoms with E-state index in [1.165, 1.54) is 4.90 Å². The van der Waals surface area contributed by atoms with Crippen LogP contribution >= 0.6 is 0 Å². The van der Waals surface area contributed by atoms with Gasteiger partial charge in [0.25, 0.3) is 11.8 Å². The quantitative estimate of drug-likeness (QED) is 0.577. The van der Waals surface area contributed by atoms with Crippen molar-refractivity contribution in [3.05, 3.63) is 35.4 Å². The lowest BCUT2D eigenvalue weighted by molar-refractivity contribution is 0.0648. The fourth-order valence-corrected chi connectivity index (χ4v) is 2.58. The minimum Gasteiger partial charge on any atom is -0.320 e. The van der Waals surface area contributed by atoms with E-state index in [1.807, 2.05) is 7.05 Å². The number of carbonyl (C=O) groups excluding carboxylic acids is 2. The summed E-state index contributed by atoms with van der Waals surface area (Å²) < 4.78 is 0. The zero-order valence-electron chi connectivity index (χ0n) is 12.8. The standard InChI is InChI=1S/C16H23N3O2/c1-17-9-5-10-18(2)11-6-12-19-15(20)13-7-3-4-8-14(13)16(19)21/h3-4,7-8,17H,5-6,9-12H2,1-2H3. The lowest BCUT2D eigenvalue weighted by Crippen LogP contribution is -2.33. The smallest absolute Gasteiger partial charge is 0.261 e. The van der Waals surface area contributed by atoms with E-state index in [0.717, 1.165) is 32.5 Å². The van der Waals surface area contributed by atoms with E-state index in [9.17, 15) is 9.59 Å². The molecule has 2 amide bonds. The van der Waals surface area contributed by atoms with E-state index < -0.39 is 0 Å². The van der Waals surface area contributed by atoms with Gasteiger partial charge in [-0.2, -0.15) is 0 Å². The third-order valence-electron chi connectivity index (χ3n) is 3.77. The summed E-state index contributed by atoms with van der Waals surface area (Å²) in [6.45, 7) is 3.39. The first-order valence-corrected chi connectivity index (χ1v) is 7.43. The van der Waals surface area contributed by atoms with Crippen molar-refractivity contribution in [2.24, 2.45) is 0 Å². The van der Waals surface area contributed by atoms with Gasteiger partial charge in [0, 0.05) is 6.54 Å². The average Bonchev–Trinajstić information content (AvgIpc) is 2.73. The summed E-state index contributed by atoms with van der Waals surface area (Å²) in [6, 6.07) is 7.03. The number of nitrogens with zero attached hydrogens (tertiary/aromatic N) is 2. The van der Waals surface area contributed by atoms with Crippen molar-refractivity contribution < 1.29 is 9.59 Å². The maximum Gasteiger partial charge on any atom is 0.261 e. The van der Waals surface area contributed by atoms with Gasteiger partial charge in [-0.25, -0.2) is 0 Å². The van der Waals surface area contributed by atoms with Crippen molar-refractivity contribution in [3.8, 4) is 0 Å². The largest absolute Gasteiger partial charge is 0.320 e. The Hall–Kier alpha value is -1.72. The van der Waals surface area contributed by atoms with E-state index in [0.29, 0.717) is 17.7 Å². The number of hydrogen-bond donors (Lipinski definition) is 1. The second-order valence-electron chi connectivity index (χ2n) is 5.42. The Morgan fingerprint density at radius 1 is 1.05 bits per heavy atom. The number of hydrogen-bond acceptors (Lipinski definition) is 4. The SMILES string of the molecule is CNCCCN(C)CCCN1C(=O)c2ccccc2C1=O. The number of rotatable bonds is 8. The third-order valence-corrected chi connectivity index (χ3v) is 3.77. The average molecular weight is 289 g/mol. The molecular formula is C16H23N3O2. The van der Waals surface area contributed by atoms with Crippen LogP contribution in [0.2, 0.25) is 0 Å². The Labute approximate surface area is 125 Å². The van der Waals surface area contributed by atoms with Gasteiger partial charge in [0.1, 0.15) is 0 Å². The van der Waals surface area contributed by atoms with Crippen LogP contribution in [0, 0.1) is 0 Å². The molecule has 1 aromatic carbocycles. The minimum atomic E-state index is -0.159. The maximum absolute atomic E-state index is 12.2. The Morgan fingerprint density at radius 2 is 1.62 bits per heavy atom. The molecule has 0 spiro atoms. The van der Waals surface area contributed by atoms with Gasteiger partial charge in [0.15, 0.2) is 0 Å². The van der Waals surface area contributed by atoms with Gasteiger partial charge in [-0.15, -0.1) is 0 Å². The molecule has 0 radical (unpaired) electrons. The lowest BCUT2D eigenvalue weighted by atomic mass is 10.1. The number of amides is 2. The van der Waals surface area contributed by atoms with Crippen LogP contribution in [0.3, 0.4) is 0 Å². The number of fused-ring (bicyclic) bond motifs is 1. The second-order valence-corrected chi connectivity index (χ2v) is 5.42. The molecule has 21 heavy (non-hydrogen) atoms. The molecule has 1 aliphatic rings. The van der Waals surface area contributed by atoms with E-state index in [2.05, 4.69) is 17.3 Å². The van der Waals surface area contributed by atoms with Crippen molar-refractivity contribution in [2.75, 3.05) is 40.3 Å². The van der Waals surface area contributed by atoms with Gasteiger partial charge in [-0.1, -0.05) is 12.1 Å². The predicted molar refractivity (Wildman–Crippen MR) is 82.5 cm³/mol. The predicted octanol–water partition coefficient (Wildman–Crippen LogP) is 1.21. The molecule has 0 unspecified atom stereocenters. The maximum atomic E-state index is 12.2. The zero-order chi connectivity index (χ0) is 15.2. The van der Waals surface area contributed by atoms with E-state index >= 15 is 0 Å². The third kappa shape index (κ3) is 3.68. The zero-order valence-corrected chi connectivity index (χ0v) is 12.8. The van der Waals surface area contributed by atoms with Crippen molar-refractivity contribution in [2.45, 2.75) is 12.8 Å². The summed E-state index contributed by atoms with van der Waals surface area (Å²) in [5.74, 6) is -0.318. The van der Waals surface area contributed by atoms with Gasteiger partial charge in [0.05, 0.1) is 11.1 Å². The molecule has 0 bridgehead atoms. The van der Waals surface area contributed by atoms with Crippen LogP contribution in [0.1, 0.15) is 33.6 Å². The molecule has 114 valence electrons. The molecule has 2 rings (SSSR count). The number of nitrogens with one attached hydrogen (secondary N) is 1. The highest BCUT2D eigenvalue weighted by Gasteiger charge is 2.34. The first kappa shape index (κ1) is 15.7. The summed E-state index contributed by atoms with van der Waals surface area (Å²) in [4.78, 5) is 28.0. The summed E-state index contributed by atoms with van der Waals surface area (Å²) >= 11 is 0. The summed E-state index contributed by atoms with van der Waals surface area (Å²) in [5, 5.41) is 3.12. The number of carbonyl (C=O) groups is 2. The molecule has 0 aliphatic carbocycles. The van der Waals surface area contributed by atoms with Crippen LogP contribution in [0.4, 0.5) is 0 Å². The molecule has 5 nitrogen and oxygen atoms in total. The Morgan fingerprint density at radius 3 is 2.19 bits per heavy atom. The molecule has 0 atom stereocenters. The molecule has 0 saturated carbocycles. The highest BCUT2D eigenvalue weighted by atomic mass is 16.2. The van der Waals surface area contributed by atoms with Gasteiger partial charge in [0.2, 0.25) is 0 Å². The molecule has 1 N–H and O–H groups in total. The van der Waals surface area contributed by atoms with Crippen LogP contribution in [0.15, 0.2) is 24.3 Å². The fourth-order valence-electron chi connectivity index (χ4n) is 2.58. The fraction of sp³-hybridized carbons (Fsp3) is 0.500. The van der Waals surface area contributed by atoms with Gasteiger partial charge < -0.3 is 10.2 Å². The lowest BCUT2D eigenvalue weighted by Gasteiger charge is -2.19. The van der Waals surface area contributed by atoms with Crippen molar-refractivity contribution in [1.29, 1.82) is 0 Å². The molecule has 1 heterocycles. The molecule has 1 aromatic rings. The molecule has 5 heteroatoms. The first-order chi connectivity index (χ1) is 10.1. The second kappa shape index (κ2) is 7.33. The molecule has 0 saturated heterocycles. The van der Waals surface area contributed by atoms with Crippen molar-refractivity contribution in [1.82, 2.24) is 15.1 Å². The monoisotopic (exact) mass is 289 g/mol. The summed E-state index contributed by atoms with van der Waals surface area (Å²) in [6.07, 6.45) is 1.90. The molecular weight excluding hydrogens is 266 g/mol. The Bertz CT molecular complexity index is 481. The van der Waals surface area contributed by atoms with Crippen LogP contribution in [-0.2, 0) is 0 Å². The van der Waals surface area contributed by atoms with Crippen LogP contribution < -0.4 is 5.32 Å². The van der Waals surface area contributed by atoms with Gasteiger partial charge in [-0.05, 0) is 58.7 Å². The number of benzene rings is 1. The normalized spacial score (nSPS) is 14.1. The van der Waals surface area contributed by atoms with Crippen LogP contribution in [0.25, 0.3) is 0 Å². The van der Waals surface area contributed by atoms with Gasteiger partial charge >= 0.3 is 0 Å².